The lowest BCUT2D eigenvalue weighted by molar-refractivity contribution is 0.950. The van der Waals surface area contributed by atoms with Gasteiger partial charge in [-0.3, -0.25) is 4.98 Å². The van der Waals surface area contributed by atoms with Gasteiger partial charge in [-0.05, 0) is 36.3 Å². The van der Waals surface area contributed by atoms with Crippen LogP contribution in [-0.4, -0.2) is 17.2 Å². The molecule has 0 spiro atoms. The van der Waals surface area contributed by atoms with Crippen LogP contribution < -0.4 is 11.1 Å². The van der Waals surface area contributed by atoms with Crippen molar-refractivity contribution >= 4 is 17.6 Å². The highest BCUT2D eigenvalue weighted by atomic mass is 14.9. The van der Waals surface area contributed by atoms with Crippen molar-refractivity contribution in [1.29, 1.82) is 5.41 Å². The molecule has 24 heavy (non-hydrogen) atoms. The summed E-state index contributed by atoms with van der Waals surface area (Å²) in [6.45, 7) is 9.61. The topological polar surface area (TPSA) is 74.8 Å². The summed E-state index contributed by atoms with van der Waals surface area (Å²) in [7, 11) is 0. The fraction of sp³-hybridized carbons (Fsp3) is 0.100. The normalized spacial score (nSPS) is 12.3. The van der Waals surface area contributed by atoms with Gasteiger partial charge in [-0.2, -0.15) is 0 Å². The Balaban J connectivity index is 2.29. The number of nitrogens with zero attached hydrogens (tertiary/aromatic N) is 1. The van der Waals surface area contributed by atoms with Crippen LogP contribution in [-0.2, 0) is 0 Å². The third-order valence-electron chi connectivity index (χ3n) is 3.74. The third-order valence-corrected chi connectivity index (χ3v) is 3.74. The molecule has 122 valence electrons. The van der Waals surface area contributed by atoms with Gasteiger partial charge in [-0.25, -0.2) is 0 Å². The molecule has 1 atom stereocenters. The van der Waals surface area contributed by atoms with Crippen molar-refractivity contribution in [2.75, 3.05) is 11.1 Å². The number of anilines is 2. The summed E-state index contributed by atoms with van der Waals surface area (Å²) in [6, 6.07) is 7.73. The maximum atomic E-state index is 7.43. The SMILES string of the molecule is C=C/C=C(\C=C)[C@H](C)Nc1cncc(-c2ccc(N)c(C=N)c2)c1. The molecule has 1 aromatic carbocycles. The van der Waals surface area contributed by atoms with Crippen molar-refractivity contribution in [1.82, 2.24) is 4.98 Å². The summed E-state index contributed by atoms with van der Waals surface area (Å²) in [5.74, 6) is 0. The molecule has 0 fully saturated rings. The lowest BCUT2D eigenvalue weighted by atomic mass is 10.0. The van der Waals surface area contributed by atoms with Crippen molar-refractivity contribution in [2.45, 2.75) is 13.0 Å². The molecule has 2 rings (SSSR count). The molecule has 0 radical (unpaired) electrons. The van der Waals surface area contributed by atoms with Crippen LogP contribution in [0.4, 0.5) is 11.4 Å². The van der Waals surface area contributed by atoms with E-state index in [4.69, 9.17) is 11.1 Å². The van der Waals surface area contributed by atoms with Crippen molar-refractivity contribution in [2.24, 2.45) is 0 Å². The third kappa shape index (κ3) is 3.98. The first kappa shape index (κ1) is 17.2. The number of aromatic nitrogens is 1. The van der Waals surface area contributed by atoms with Crippen LogP contribution in [0.1, 0.15) is 12.5 Å². The van der Waals surface area contributed by atoms with E-state index in [1.54, 1.807) is 24.5 Å². The van der Waals surface area contributed by atoms with Crippen LogP contribution in [0.5, 0.6) is 0 Å². The Morgan fingerprint density at radius 2 is 2.04 bits per heavy atom. The minimum atomic E-state index is 0.0844. The van der Waals surface area contributed by atoms with Gasteiger partial charge in [-0.15, -0.1) is 0 Å². The molecule has 0 bridgehead atoms. The van der Waals surface area contributed by atoms with E-state index < -0.39 is 0 Å². The number of nitrogens with one attached hydrogen (secondary N) is 2. The number of nitrogen functional groups attached to an aromatic ring is 1. The standard InChI is InChI=1S/C20H22N4/c1-4-6-15(5-2)14(3)24-19-10-18(12-23-13-19)16-7-8-20(22)17(9-16)11-21/h4-14,21,24H,1-2,22H2,3H3/b15-6+,21-11?/t14-/m0/s1. The van der Waals surface area contributed by atoms with Crippen LogP contribution in [0.3, 0.4) is 0 Å². The number of hydrogen-bond donors (Lipinski definition) is 3. The van der Waals surface area contributed by atoms with Gasteiger partial charge in [-0.1, -0.05) is 37.5 Å². The molecule has 0 aliphatic heterocycles. The smallest absolute Gasteiger partial charge is 0.0537 e. The molecule has 2 aromatic rings. The summed E-state index contributed by atoms with van der Waals surface area (Å²) < 4.78 is 0. The largest absolute Gasteiger partial charge is 0.398 e. The second-order valence-corrected chi connectivity index (χ2v) is 5.42. The predicted octanol–water partition coefficient (Wildman–Crippen LogP) is 4.43. The highest BCUT2D eigenvalue weighted by molar-refractivity contribution is 5.87. The lowest BCUT2D eigenvalue weighted by Crippen LogP contribution is -2.17. The van der Waals surface area contributed by atoms with Gasteiger partial charge in [0.05, 0.1) is 5.69 Å². The molecule has 4 nitrogen and oxygen atoms in total. The summed E-state index contributed by atoms with van der Waals surface area (Å²) in [5.41, 5.74) is 11.0. The number of benzene rings is 1. The molecule has 4 heteroatoms. The molecular formula is C20H22N4. The zero-order chi connectivity index (χ0) is 17.5. The zero-order valence-electron chi connectivity index (χ0n) is 13.8. The molecule has 1 aromatic heterocycles. The van der Waals surface area contributed by atoms with Gasteiger partial charge in [0.15, 0.2) is 0 Å². The lowest BCUT2D eigenvalue weighted by Gasteiger charge is -2.17. The Morgan fingerprint density at radius 1 is 1.25 bits per heavy atom. The highest BCUT2D eigenvalue weighted by Gasteiger charge is 2.07. The van der Waals surface area contributed by atoms with Crippen molar-refractivity contribution < 1.29 is 0 Å². The number of allylic oxidation sites excluding steroid dienone is 2. The fourth-order valence-corrected chi connectivity index (χ4v) is 2.41. The van der Waals surface area contributed by atoms with Crippen molar-refractivity contribution in [3.05, 3.63) is 79.2 Å². The second-order valence-electron chi connectivity index (χ2n) is 5.42. The number of rotatable bonds is 7. The van der Waals surface area contributed by atoms with E-state index >= 15 is 0 Å². The molecule has 0 saturated heterocycles. The monoisotopic (exact) mass is 318 g/mol. The van der Waals surface area contributed by atoms with E-state index in [9.17, 15) is 0 Å². The summed E-state index contributed by atoms with van der Waals surface area (Å²) >= 11 is 0. The molecule has 0 unspecified atom stereocenters. The van der Waals surface area contributed by atoms with Crippen LogP contribution in [0, 0.1) is 5.41 Å². The molecule has 0 aliphatic rings. The minimum Gasteiger partial charge on any atom is -0.398 e. The Kier molecular flexibility index (Phi) is 5.68. The maximum absolute atomic E-state index is 7.43. The summed E-state index contributed by atoms with van der Waals surface area (Å²) in [4.78, 5) is 4.31. The maximum Gasteiger partial charge on any atom is 0.0537 e. The van der Waals surface area contributed by atoms with Gasteiger partial charge in [0.25, 0.3) is 0 Å². The molecule has 0 aliphatic carbocycles. The van der Waals surface area contributed by atoms with E-state index in [1.807, 2.05) is 30.4 Å². The first-order valence-corrected chi connectivity index (χ1v) is 7.66. The Hall–Kier alpha value is -3.14. The molecule has 0 amide bonds. The van der Waals surface area contributed by atoms with Crippen LogP contribution in [0.2, 0.25) is 0 Å². The Morgan fingerprint density at radius 3 is 2.71 bits per heavy atom. The summed E-state index contributed by atoms with van der Waals surface area (Å²) in [6.07, 6.45) is 10.3. The molecular weight excluding hydrogens is 296 g/mol. The van der Waals surface area contributed by atoms with Gasteiger partial charge < -0.3 is 16.5 Å². The Bertz CT molecular complexity index is 790. The molecule has 1 heterocycles. The fourth-order valence-electron chi connectivity index (χ4n) is 2.41. The van der Waals surface area contributed by atoms with Gasteiger partial charge in [0.1, 0.15) is 0 Å². The quantitative estimate of drug-likeness (QED) is 0.402. The van der Waals surface area contributed by atoms with E-state index in [0.29, 0.717) is 11.3 Å². The first-order valence-electron chi connectivity index (χ1n) is 7.66. The van der Waals surface area contributed by atoms with E-state index in [2.05, 4.69) is 30.4 Å². The molecule has 4 N–H and O–H groups in total. The van der Waals surface area contributed by atoms with Crippen LogP contribution in [0.25, 0.3) is 11.1 Å². The van der Waals surface area contributed by atoms with Crippen LogP contribution in [0.15, 0.2) is 73.6 Å². The minimum absolute atomic E-state index is 0.0844. The average Bonchev–Trinajstić information content (AvgIpc) is 2.60. The predicted molar refractivity (Wildman–Crippen MR) is 104 cm³/mol. The Labute approximate surface area is 142 Å². The van der Waals surface area contributed by atoms with E-state index in [0.717, 1.165) is 22.4 Å². The van der Waals surface area contributed by atoms with Gasteiger partial charge in [0, 0.05) is 41.5 Å². The first-order chi connectivity index (χ1) is 11.6. The van der Waals surface area contributed by atoms with Crippen molar-refractivity contribution in [3.63, 3.8) is 0 Å². The number of nitrogens with two attached hydrogens (primary N) is 1. The average molecular weight is 318 g/mol. The second kappa shape index (κ2) is 7.92. The number of hydrogen-bond acceptors (Lipinski definition) is 4. The van der Waals surface area contributed by atoms with Crippen LogP contribution >= 0.6 is 0 Å². The zero-order valence-corrected chi connectivity index (χ0v) is 13.8. The van der Waals surface area contributed by atoms with Gasteiger partial charge in [0.2, 0.25) is 0 Å². The summed E-state index contributed by atoms with van der Waals surface area (Å²) in [5, 5.41) is 10.8. The van der Waals surface area contributed by atoms with E-state index in [1.165, 1.54) is 6.21 Å². The highest BCUT2D eigenvalue weighted by Crippen LogP contribution is 2.25. The van der Waals surface area contributed by atoms with E-state index in [-0.39, 0.29) is 6.04 Å². The van der Waals surface area contributed by atoms with Gasteiger partial charge >= 0.3 is 0 Å². The number of pyridine rings is 1. The van der Waals surface area contributed by atoms with Crippen molar-refractivity contribution in [3.8, 4) is 11.1 Å². The molecule has 0 saturated carbocycles.